The quantitative estimate of drug-likeness (QED) is 0.494. The normalized spacial score (nSPS) is 14.9. The van der Waals surface area contributed by atoms with Gasteiger partial charge in [0.2, 0.25) is 0 Å². The first-order valence-corrected chi connectivity index (χ1v) is 4.88. The van der Waals surface area contributed by atoms with Crippen LogP contribution in [0.1, 0.15) is 26.2 Å². The van der Waals surface area contributed by atoms with Crippen molar-refractivity contribution in [3.63, 3.8) is 0 Å². The maximum atomic E-state index is 11.4. The van der Waals surface area contributed by atoms with E-state index < -0.39 is 5.41 Å². The van der Waals surface area contributed by atoms with Crippen LogP contribution in [0, 0.1) is 5.41 Å². The molecule has 0 aliphatic rings. The fourth-order valence-electron chi connectivity index (χ4n) is 1.30. The van der Waals surface area contributed by atoms with Crippen molar-refractivity contribution in [3.8, 4) is 0 Å². The predicted octanol–water partition coefficient (Wildman–Crippen LogP) is 0.941. The zero-order valence-electron chi connectivity index (χ0n) is 9.34. The zero-order chi connectivity index (χ0) is 11.0. The van der Waals surface area contributed by atoms with Gasteiger partial charge in [-0.25, -0.2) is 0 Å². The molecule has 0 bridgehead atoms. The summed E-state index contributed by atoms with van der Waals surface area (Å²) in [5.41, 5.74) is 5.03. The summed E-state index contributed by atoms with van der Waals surface area (Å²) in [6, 6.07) is 0. The van der Waals surface area contributed by atoms with Gasteiger partial charge in [0.05, 0.1) is 12.5 Å². The first-order chi connectivity index (χ1) is 6.60. The Labute approximate surface area is 85.8 Å². The van der Waals surface area contributed by atoms with Crippen LogP contribution < -0.4 is 5.73 Å². The molecule has 0 aromatic carbocycles. The van der Waals surface area contributed by atoms with Gasteiger partial charge in [-0.2, -0.15) is 0 Å². The van der Waals surface area contributed by atoms with Crippen LogP contribution in [0.5, 0.6) is 0 Å². The Balaban J connectivity index is 3.93. The van der Waals surface area contributed by atoms with Crippen molar-refractivity contribution in [3.05, 3.63) is 0 Å². The van der Waals surface area contributed by atoms with E-state index in [4.69, 9.17) is 15.2 Å². The number of carbonyl (C=O) groups is 1. The highest BCUT2D eigenvalue weighted by Crippen LogP contribution is 2.24. The number of hydrogen-bond donors (Lipinski definition) is 1. The van der Waals surface area contributed by atoms with Crippen molar-refractivity contribution >= 4 is 5.97 Å². The molecule has 1 unspecified atom stereocenters. The van der Waals surface area contributed by atoms with E-state index in [9.17, 15) is 4.79 Å². The standard InChI is InChI=1S/C10H21NO3/c1-10(8-11,9(12)14-3)6-4-5-7-13-2/h4-8,11H2,1-3H3. The molecular formula is C10H21NO3. The average molecular weight is 203 g/mol. The molecule has 2 N–H and O–H groups in total. The van der Waals surface area contributed by atoms with Gasteiger partial charge in [0.15, 0.2) is 0 Å². The van der Waals surface area contributed by atoms with Crippen molar-refractivity contribution < 1.29 is 14.3 Å². The summed E-state index contributed by atoms with van der Waals surface area (Å²) in [5.74, 6) is -0.225. The van der Waals surface area contributed by atoms with Crippen LogP contribution in [0.25, 0.3) is 0 Å². The van der Waals surface area contributed by atoms with Crippen molar-refractivity contribution in [1.29, 1.82) is 0 Å². The average Bonchev–Trinajstić information content (AvgIpc) is 2.22. The van der Waals surface area contributed by atoms with Gasteiger partial charge in [0.25, 0.3) is 0 Å². The molecule has 0 spiro atoms. The molecule has 14 heavy (non-hydrogen) atoms. The van der Waals surface area contributed by atoms with Crippen molar-refractivity contribution in [2.24, 2.45) is 11.1 Å². The maximum Gasteiger partial charge on any atom is 0.312 e. The molecule has 0 amide bonds. The lowest BCUT2D eigenvalue weighted by Crippen LogP contribution is -2.36. The molecule has 0 aliphatic heterocycles. The van der Waals surface area contributed by atoms with Gasteiger partial charge < -0.3 is 15.2 Å². The molecule has 0 aromatic heterocycles. The van der Waals surface area contributed by atoms with E-state index in [0.29, 0.717) is 6.54 Å². The smallest absolute Gasteiger partial charge is 0.312 e. The maximum absolute atomic E-state index is 11.4. The second-order valence-corrected chi connectivity index (χ2v) is 3.71. The van der Waals surface area contributed by atoms with Crippen molar-refractivity contribution in [2.45, 2.75) is 26.2 Å². The van der Waals surface area contributed by atoms with E-state index in [1.54, 1.807) is 7.11 Å². The van der Waals surface area contributed by atoms with Crippen LogP contribution in [0.3, 0.4) is 0 Å². The van der Waals surface area contributed by atoms with Crippen LogP contribution in [0.4, 0.5) is 0 Å². The van der Waals surface area contributed by atoms with E-state index in [1.165, 1.54) is 7.11 Å². The molecule has 0 aliphatic carbocycles. The zero-order valence-corrected chi connectivity index (χ0v) is 9.34. The highest BCUT2D eigenvalue weighted by atomic mass is 16.5. The van der Waals surface area contributed by atoms with Crippen molar-refractivity contribution in [1.82, 2.24) is 0 Å². The Kier molecular flexibility index (Phi) is 6.49. The molecule has 0 radical (unpaired) electrons. The highest BCUT2D eigenvalue weighted by Gasteiger charge is 2.31. The summed E-state index contributed by atoms with van der Waals surface area (Å²) in [6.07, 6.45) is 2.62. The third-order valence-electron chi connectivity index (χ3n) is 2.46. The molecule has 0 saturated heterocycles. The third kappa shape index (κ3) is 4.07. The Morgan fingerprint density at radius 3 is 2.43 bits per heavy atom. The molecule has 1 atom stereocenters. The number of esters is 1. The van der Waals surface area contributed by atoms with E-state index in [0.717, 1.165) is 25.9 Å². The molecule has 0 saturated carbocycles. The minimum atomic E-state index is -0.539. The fraction of sp³-hybridized carbons (Fsp3) is 0.900. The van der Waals surface area contributed by atoms with E-state index in [1.807, 2.05) is 6.92 Å². The van der Waals surface area contributed by atoms with Gasteiger partial charge in [0, 0.05) is 20.3 Å². The van der Waals surface area contributed by atoms with Gasteiger partial charge in [-0.05, 0) is 26.2 Å². The minimum Gasteiger partial charge on any atom is -0.469 e. The van der Waals surface area contributed by atoms with E-state index >= 15 is 0 Å². The fourth-order valence-corrected chi connectivity index (χ4v) is 1.30. The number of nitrogens with two attached hydrogens (primary N) is 1. The number of carbonyl (C=O) groups excluding carboxylic acids is 1. The molecule has 0 rings (SSSR count). The Bertz CT molecular complexity index is 173. The van der Waals surface area contributed by atoms with Gasteiger partial charge in [0.1, 0.15) is 0 Å². The van der Waals surface area contributed by atoms with Crippen LogP contribution in [0.2, 0.25) is 0 Å². The molecule has 4 heteroatoms. The van der Waals surface area contributed by atoms with Crippen LogP contribution >= 0.6 is 0 Å². The second kappa shape index (κ2) is 6.79. The summed E-state index contributed by atoms with van der Waals surface area (Å²) >= 11 is 0. The van der Waals surface area contributed by atoms with E-state index in [-0.39, 0.29) is 5.97 Å². The molecule has 0 aromatic rings. The van der Waals surface area contributed by atoms with Crippen molar-refractivity contribution in [2.75, 3.05) is 27.4 Å². The second-order valence-electron chi connectivity index (χ2n) is 3.71. The number of methoxy groups -OCH3 is 2. The predicted molar refractivity (Wildman–Crippen MR) is 54.9 cm³/mol. The summed E-state index contributed by atoms with van der Waals surface area (Å²) < 4.78 is 9.64. The number of rotatable bonds is 7. The molecule has 4 nitrogen and oxygen atoms in total. The molecule has 0 fully saturated rings. The summed E-state index contributed by atoms with van der Waals surface area (Å²) in [7, 11) is 3.06. The Morgan fingerprint density at radius 2 is 2.00 bits per heavy atom. The lowest BCUT2D eigenvalue weighted by Gasteiger charge is -2.24. The number of unbranched alkanes of at least 4 members (excludes halogenated alkanes) is 1. The first kappa shape index (κ1) is 13.4. The number of ether oxygens (including phenoxy) is 2. The van der Waals surface area contributed by atoms with Crippen LogP contribution in [-0.2, 0) is 14.3 Å². The summed E-state index contributed by atoms with van der Waals surface area (Å²) in [6.45, 7) is 2.89. The topological polar surface area (TPSA) is 61.5 Å². The first-order valence-electron chi connectivity index (χ1n) is 4.88. The van der Waals surface area contributed by atoms with Gasteiger partial charge in [-0.1, -0.05) is 0 Å². The molecule has 84 valence electrons. The monoisotopic (exact) mass is 203 g/mol. The number of hydrogen-bond acceptors (Lipinski definition) is 4. The lowest BCUT2D eigenvalue weighted by atomic mass is 9.85. The third-order valence-corrected chi connectivity index (χ3v) is 2.46. The summed E-state index contributed by atoms with van der Waals surface area (Å²) in [5, 5.41) is 0. The van der Waals surface area contributed by atoms with Crippen LogP contribution in [0.15, 0.2) is 0 Å². The molecular weight excluding hydrogens is 182 g/mol. The van der Waals surface area contributed by atoms with Crippen LogP contribution in [-0.4, -0.2) is 33.3 Å². The largest absolute Gasteiger partial charge is 0.469 e. The Hall–Kier alpha value is -0.610. The van der Waals surface area contributed by atoms with Gasteiger partial charge in [-0.3, -0.25) is 4.79 Å². The molecule has 0 heterocycles. The Morgan fingerprint density at radius 1 is 1.36 bits per heavy atom. The summed E-state index contributed by atoms with van der Waals surface area (Å²) in [4.78, 5) is 11.4. The van der Waals surface area contributed by atoms with Gasteiger partial charge >= 0.3 is 5.97 Å². The SMILES string of the molecule is COCCCCC(C)(CN)C(=O)OC. The minimum absolute atomic E-state index is 0.225. The van der Waals surface area contributed by atoms with Gasteiger partial charge in [-0.15, -0.1) is 0 Å². The van der Waals surface area contributed by atoms with E-state index in [2.05, 4.69) is 0 Å². The highest BCUT2D eigenvalue weighted by molar-refractivity contribution is 5.76. The lowest BCUT2D eigenvalue weighted by molar-refractivity contribution is -0.151.